The Hall–Kier alpha value is -3.66. The number of aromatic amines is 1. The van der Waals surface area contributed by atoms with Gasteiger partial charge in [-0.3, -0.25) is 9.59 Å². The summed E-state index contributed by atoms with van der Waals surface area (Å²) in [6, 6.07) is 25.8. The number of rotatable bonds is 6. The maximum absolute atomic E-state index is 13.6. The van der Waals surface area contributed by atoms with E-state index in [1.54, 1.807) is 4.90 Å². The molecule has 4 rings (SSSR count). The third kappa shape index (κ3) is 5.28. The van der Waals surface area contributed by atoms with Gasteiger partial charge in [0.25, 0.3) is 11.5 Å². The van der Waals surface area contributed by atoms with Crippen LogP contribution in [0.1, 0.15) is 53.4 Å². The SMILES string of the molecule is Cc1cccc2cc(CN(CCc3ccccc3)C(=O)c3ccc(C(C)(C)C)cc3)c(=O)[nH]c12. The molecule has 174 valence electrons. The van der Waals surface area contributed by atoms with E-state index in [1.807, 2.05) is 73.7 Å². The second-order valence-electron chi connectivity index (χ2n) is 9.95. The molecule has 4 heteroatoms. The Morgan fingerprint density at radius 2 is 1.62 bits per heavy atom. The first kappa shape index (κ1) is 23.5. The number of aryl methyl sites for hydroxylation is 1. The molecule has 0 aliphatic carbocycles. The second kappa shape index (κ2) is 9.68. The number of fused-ring (bicyclic) bond motifs is 1. The highest BCUT2D eigenvalue weighted by Gasteiger charge is 2.20. The molecule has 0 aliphatic rings. The molecule has 3 aromatic carbocycles. The smallest absolute Gasteiger partial charge is 0.254 e. The lowest BCUT2D eigenvalue weighted by Crippen LogP contribution is -2.34. The third-order valence-corrected chi connectivity index (χ3v) is 6.32. The van der Waals surface area contributed by atoms with Gasteiger partial charge < -0.3 is 9.88 Å². The molecule has 0 spiro atoms. The Kier molecular flexibility index (Phi) is 6.69. The number of carbonyl (C=O) groups is 1. The van der Waals surface area contributed by atoms with Crippen molar-refractivity contribution in [3.63, 3.8) is 0 Å². The van der Waals surface area contributed by atoms with Gasteiger partial charge >= 0.3 is 0 Å². The summed E-state index contributed by atoms with van der Waals surface area (Å²) in [6.07, 6.45) is 0.719. The first-order chi connectivity index (χ1) is 16.2. The lowest BCUT2D eigenvalue weighted by atomic mass is 9.86. The fourth-order valence-electron chi connectivity index (χ4n) is 4.21. The summed E-state index contributed by atoms with van der Waals surface area (Å²) in [4.78, 5) is 31.3. The van der Waals surface area contributed by atoms with E-state index < -0.39 is 0 Å². The molecule has 1 amide bonds. The lowest BCUT2D eigenvalue weighted by molar-refractivity contribution is 0.0744. The molecule has 34 heavy (non-hydrogen) atoms. The Labute approximate surface area is 201 Å². The molecule has 0 fully saturated rings. The predicted molar refractivity (Wildman–Crippen MR) is 139 cm³/mol. The molecule has 0 bridgehead atoms. The summed E-state index contributed by atoms with van der Waals surface area (Å²) in [5, 5.41) is 0.972. The number of aromatic nitrogens is 1. The first-order valence-corrected chi connectivity index (χ1v) is 11.8. The number of para-hydroxylation sites is 1. The van der Waals surface area contributed by atoms with Crippen LogP contribution in [-0.2, 0) is 18.4 Å². The van der Waals surface area contributed by atoms with Crippen LogP contribution in [0.3, 0.4) is 0 Å². The highest BCUT2D eigenvalue weighted by molar-refractivity contribution is 5.94. The molecule has 0 saturated heterocycles. The first-order valence-electron chi connectivity index (χ1n) is 11.8. The highest BCUT2D eigenvalue weighted by Crippen LogP contribution is 2.23. The minimum Gasteiger partial charge on any atom is -0.334 e. The number of nitrogens with zero attached hydrogens (tertiary/aromatic N) is 1. The van der Waals surface area contributed by atoms with E-state index in [2.05, 4.69) is 37.9 Å². The van der Waals surface area contributed by atoms with Crippen molar-refractivity contribution in [2.75, 3.05) is 6.54 Å². The predicted octanol–water partition coefficient (Wildman–Crippen LogP) is 6.02. The third-order valence-electron chi connectivity index (χ3n) is 6.32. The van der Waals surface area contributed by atoms with Crippen LogP contribution in [0.4, 0.5) is 0 Å². The van der Waals surface area contributed by atoms with Gasteiger partial charge in [0.05, 0.1) is 12.1 Å². The number of benzene rings is 3. The van der Waals surface area contributed by atoms with Crippen molar-refractivity contribution in [1.29, 1.82) is 0 Å². The molecule has 0 saturated carbocycles. The van der Waals surface area contributed by atoms with Crippen molar-refractivity contribution in [2.45, 2.75) is 46.1 Å². The largest absolute Gasteiger partial charge is 0.334 e. The molecule has 1 aromatic heterocycles. The maximum atomic E-state index is 13.6. The average Bonchev–Trinajstić information content (AvgIpc) is 2.82. The van der Waals surface area contributed by atoms with Crippen LogP contribution in [0, 0.1) is 6.92 Å². The average molecular weight is 453 g/mol. The summed E-state index contributed by atoms with van der Waals surface area (Å²) in [6.45, 7) is 9.23. The minimum atomic E-state index is -0.151. The Bertz CT molecular complexity index is 1350. The van der Waals surface area contributed by atoms with Crippen LogP contribution < -0.4 is 5.56 Å². The van der Waals surface area contributed by atoms with Gasteiger partial charge in [0.2, 0.25) is 0 Å². The summed E-state index contributed by atoms with van der Waals surface area (Å²) in [7, 11) is 0. The number of amides is 1. The molecule has 1 N–H and O–H groups in total. The summed E-state index contributed by atoms with van der Waals surface area (Å²) in [5.74, 6) is -0.0693. The van der Waals surface area contributed by atoms with E-state index in [1.165, 1.54) is 5.56 Å². The Balaban J connectivity index is 1.65. The summed E-state index contributed by atoms with van der Waals surface area (Å²) < 4.78 is 0. The van der Waals surface area contributed by atoms with Crippen LogP contribution in [-0.4, -0.2) is 22.3 Å². The standard InChI is InChI=1S/C30H32N2O2/c1-21-9-8-12-24-19-25(28(33)31-27(21)24)20-32(18-17-22-10-6-5-7-11-22)29(34)23-13-15-26(16-14-23)30(2,3)4/h5-16,19H,17-18,20H2,1-4H3,(H,31,33). The number of hydrogen-bond donors (Lipinski definition) is 1. The topological polar surface area (TPSA) is 53.2 Å². The minimum absolute atomic E-state index is 0.0189. The van der Waals surface area contributed by atoms with Gasteiger partial charge in [-0.25, -0.2) is 0 Å². The van der Waals surface area contributed by atoms with Crippen LogP contribution in [0.5, 0.6) is 0 Å². The fraction of sp³-hybridized carbons (Fsp3) is 0.267. The highest BCUT2D eigenvalue weighted by atomic mass is 16.2. The van der Waals surface area contributed by atoms with Crippen LogP contribution in [0.25, 0.3) is 10.9 Å². The second-order valence-corrected chi connectivity index (χ2v) is 9.95. The maximum Gasteiger partial charge on any atom is 0.254 e. The number of carbonyl (C=O) groups excluding carboxylic acids is 1. The van der Waals surface area contributed by atoms with Crippen molar-refractivity contribution in [2.24, 2.45) is 0 Å². The van der Waals surface area contributed by atoms with E-state index >= 15 is 0 Å². The normalized spacial score (nSPS) is 11.5. The Morgan fingerprint density at radius 3 is 2.29 bits per heavy atom. The van der Waals surface area contributed by atoms with Gasteiger partial charge in [-0.15, -0.1) is 0 Å². The van der Waals surface area contributed by atoms with Crippen LogP contribution >= 0.6 is 0 Å². The number of H-pyrrole nitrogens is 1. The molecular formula is C30H32N2O2. The fourth-order valence-corrected chi connectivity index (χ4v) is 4.21. The molecule has 0 atom stereocenters. The lowest BCUT2D eigenvalue weighted by Gasteiger charge is -2.24. The number of nitrogens with one attached hydrogen (secondary N) is 1. The van der Waals surface area contributed by atoms with E-state index in [0.717, 1.165) is 28.5 Å². The molecule has 1 heterocycles. The molecule has 4 aromatic rings. The Morgan fingerprint density at radius 1 is 0.912 bits per heavy atom. The van der Waals surface area contributed by atoms with Crippen LogP contribution in [0.2, 0.25) is 0 Å². The van der Waals surface area contributed by atoms with E-state index in [0.29, 0.717) is 17.7 Å². The quantitative estimate of drug-likeness (QED) is 0.389. The van der Waals surface area contributed by atoms with Gasteiger partial charge in [-0.05, 0) is 59.0 Å². The van der Waals surface area contributed by atoms with E-state index in [-0.39, 0.29) is 23.4 Å². The molecule has 0 unspecified atom stereocenters. The van der Waals surface area contributed by atoms with Crippen molar-refractivity contribution >= 4 is 16.8 Å². The van der Waals surface area contributed by atoms with Gasteiger partial charge in [-0.1, -0.05) is 81.4 Å². The van der Waals surface area contributed by atoms with Crippen molar-refractivity contribution in [3.8, 4) is 0 Å². The number of hydrogen-bond acceptors (Lipinski definition) is 2. The molecule has 0 aliphatic heterocycles. The van der Waals surface area contributed by atoms with Gasteiger partial charge in [0, 0.05) is 17.7 Å². The number of pyridine rings is 1. The monoisotopic (exact) mass is 452 g/mol. The summed E-state index contributed by atoms with van der Waals surface area (Å²) >= 11 is 0. The molecular weight excluding hydrogens is 420 g/mol. The molecule has 0 radical (unpaired) electrons. The van der Waals surface area contributed by atoms with Crippen molar-refractivity contribution < 1.29 is 4.79 Å². The zero-order chi connectivity index (χ0) is 24.3. The van der Waals surface area contributed by atoms with Gasteiger partial charge in [0.1, 0.15) is 0 Å². The zero-order valence-electron chi connectivity index (χ0n) is 20.4. The van der Waals surface area contributed by atoms with Gasteiger partial charge in [-0.2, -0.15) is 0 Å². The van der Waals surface area contributed by atoms with Crippen molar-refractivity contribution in [1.82, 2.24) is 9.88 Å². The van der Waals surface area contributed by atoms with Gasteiger partial charge in [0.15, 0.2) is 0 Å². The molecule has 4 nitrogen and oxygen atoms in total. The van der Waals surface area contributed by atoms with E-state index in [4.69, 9.17) is 0 Å². The summed E-state index contributed by atoms with van der Waals surface area (Å²) in [5.41, 5.74) is 5.30. The van der Waals surface area contributed by atoms with Crippen LogP contribution in [0.15, 0.2) is 83.7 Å². The zero-order valence-corrected chi connectivity index (χ0v) is 20.4. The van der Waals surface area contributed by atoms with Crippen molar-refractivity contribution in [3.05, 3.63) is 117 Å². The van der Waals surface area contributed by atoms with E-state index in [9.17, 15) is 9.59 Å².